The van der Waals surface area contributed by atoms with Crippen LogP contribution in [0.1, 0.15) is 99.0 Å². The number of aliphatic hydroxyl groups is 2. The van der Waals surface area contributed by atoms with Crippen LogP contribution in [0.2, 0.25) is 0 Å². The highest BCUT2D eigenvalue weighted by Gasteiger charge is 2.36. The summed E-state index contributed by atoms with van der Waals surface area (Å²) >= 11 is 0. The maximum atomic E-state index is 14.2. The van der Waals surface area contributed by atoms with E-state index in [4.69, 9.17) is 34.4 Å². The number of aliphatic hydroxyl groups excluding tert-OH is 2. The third-order valence-corrected chi connectivity index (χ3v) is 11.7. The number of phenols is 1. The number of aromatic hydroxyl groups is 1. The summed E-state index contributed by atoms with van der Waals surface area (Å²) in [4.78, 5) is 141. The molecule has 1 aromatic carbocycles. The Kier molecular flexibility index (Phi) is 29.7. The first kappa shape index (κ1) is 68.2. The number of amides is 9. The van der Waals surface area contributed by atoms with E-state index >= 15 is 0 Å². The van der Waals surface area contributed by atoms with Gasteiger partial charge < -0.3 is 97.4 Å². The molecule has 2 unspecified atom stereocenters. The molecule has 0 fully saturated rings. The van der Waals surface area contributed by atoms with Gasteiger partial charge in [-0.05, 0) is 88.8 Å². The lowest BCUT2D eigenvalue weighted by atomic mass is 10.00. The number of carbonyl (C=O) groups is 10. The molecule has 0 aliphatic rings. The minimum absolute atomic E-state index is 0.0118. The molecule has 9 amide bonds. The van der Waals surface area contributed by atoms with Crippen molar-refractivity contribution in [1.82, 2.24) is 42.5 Å². The lowest BCUT2D eigenvalue weighted by Gasteiger charge is -2.29. The largest absolute Gasteiger partial charge is 0.508 e. The molecule has 0 aliphatic carbocycles. The molecule has 0 heterocycles. The van der Waals surface area contributed by atoms with E-state index in [2.05, 4.69) is 52.5 Å². The number of nitrogens with zero attached hydrogens (tertiary/aromatic N) is 2. The Morgan fingerprint density at radius 1 is 0.513 bits per heavy atom. The minimum atomic E-state index is -1.85. The number of hydrogen-bond acceptors (Lipinski definition) is 16. The van der Waals surface area contributed by atoms with Gasteiger partial charge in [-0.1, -0.05) is 39.8 Å². The topological polar surface area (TPSA) is 529 Å². The van der Waals surface area contributed by atoms with Crippen LogP contribution in [0.4, 0.5) is 0 Å². The van der Waals surface area contributed by atoms with Gasteiger partial charge in [0, 0.05) is 25.9 Å². The molecule has 24 N–H and O–H groups in total. The van der Waals surface area contributed by atoms with Crippen molar-refractivity contribution in [3.05, 3.63) is 29.8 Å². The Bertz CT molecular complexity index is 2250. The first-order valence-electron chi connectivity index (χ1n) is 25.3. The Hall–Kier alpha value is -7.86. The van der Waals surface area contributed by atoms with Crippen LogP contribution in [0.25, 0.3) is 0 Å². The van der Waals surface area contributed by atoms with Crippen molar-refractivity contribution >= 4 is 71.1 Å². The Balaban J connectivity index is 3.57. The highest BCUT2D eigenvalue weighted by Crippen LogP contribution is 2.14. The number of rotatable bonds is 35. The van der Waals surface area contributed by atoms with Gasteiger partial charge in [-0.15, -0.1) is 0 Å². The zero-order valence-electron chi connectivity index (χ0n) is 45.1. The van der Waals surface area contributed by atoms with Crippen molar-refractivity contribution in [2.45, 2.75) is 166 Å². The van der Waals surface area contributed by atoms with Crippen molar-refractivity contribution in [1.29, 1.82) is 0 Å². The molecule has 0 saturated heterocycles. The number of aliphatic carboxylic acids is 1. The van der Waals surface area contributed by atoms with Crippen molar-refractivity contribution < 1.29 is 68.4 Å². The van der Waals surface area contributed by atoms with E-state index in [1.807, 2.05) is 0 Å². The molecule has 30 nitrogen and oxygen atoms in total. The van der Waals surface area contributed by atoms with Crippen LogP contribution in [0, 0.1) is 11.8 Å². The van der Waals surface area contributed by atoms with Crippen molar-refractivity contribution in [3.63, 3.8) is 0 Å². The quantitative estimate of drug-likeness (QED) is 0.0171. The van der Waals surface area contributed by atoms with Crippen LogP contribution in [-0.2, 0) is 54.4 Å². The summed E-state index contributed by atoms with van der Waals surface area (Å²) in [6.07, 6.45) is -4.42. The average Bonchev–Trinajstić information content (AvgIpc) is 3.34. The fourth-order valence-corrected chi connectivity index (χ4v) is 7.28. The first-order valence-corrected chi connectivity index (χ1v) is 25.3. The Morgan fingerprint density at radius 2 is 0.936 bits per heavy atom. The number of aliphatic imine (C=N–C) groups is 2. The lowest BCUT2D eigenvalue weighted by molar-refractivity contribution is -0.143. The summed E-state index contributed by atoms with van der Waals surface area (Å²) < 4.78 is 0. The molecule has 0 bridgehead atoms. The molecule has 438 valence electrons. The second-order valence-electron chi connectivity index (χ2n) is 19.5. The molecule has 0 saturated carbocycles. The molecular formula is C48H82N16O14. The van der Waals surface area contributed by atoms with Crippen LogP contribution in [0.3, 0.4) is 0 Å². The van der Waals surface area contributed by atoms with E-state index in [0.717, 1.165) is 6.92 Å². The van der Waals surface area contributed by atoms with Crippen LogP contribution in [0.5, 0.6) is 5.75 Å². The van der Waals surface area contributed by atoms with Crippen molar-refractivity contribution in [2.24, 2.45) is 56.2 Å². The molecule has 0 spiro atoms. The van der Waals surface area contributed by atoms with Gasteiger partial charge in [-0.25, -0.2) is 4.79 Å². The molecule has 1 aromatic rings. The number of carbonyl (C=O) groups excluding carboxylic acids is 9. The van der Waals surface area contributed by atoms with Crippen LogP contribution >= 0.6 is 0 Å². The molecule has 30 heteroatoms. The normalized spacial score (nSPS) is 15.3. The number of primary amides is 1. The standard InChI is InChI=1S/C48H82N16O14/c1-22(2)20-32(43(74)63-36(23(3)4)46(77)78)61-38(69)24(5)57-39(70)29(10-8-18-55-47(51)52)60-45(76)37(26(7)66)64-41(72)30(11-9-19-56-48(53)54)58-40(71)31(16-17-34(49)68)59-42(73)33(62-44(75)35(50)25(6)65)21-27-12-14-28(67)15-13-27/h12-15,22-26,29-33,35-37,65-67H,8-11,16-21,50H2,1-7H3,(H2,49,68)(H,57,70)(H,58,71)(H,59,73)(H,60,76)(H,61,69)(H,62,75)(H,63,74)(H,64,72)(H,77,78)(H4,51,52,55)(H4,53,54,56)/t24-,25?,26?,29-,30-,31-,32-,33-,35-,36-,37-/m0/s1. The number of carboxylic acids is 1. The van der Waals surface area contributed by atoms with Gasteiger partial charge in [0.05, 0.1) is 12.2 Å². The summed E-state index contributed by atoms with van der Waals surface area (Å²) in [6.45, 7) is 10.3. The smallest absolute Gasteiger partial charge is 0.326 e. The Labute approximate surface area is 452 Å². The molecule has 11 atom stereocenters. The Morgan fingerprint density at radius 3 is 1.38 bits per heavy atom. The maximum absolute atomic E-state index is 14.2. The van der Waals surface area contributed by atoms with Gasteiger partial charge in [0.2, 0.25) is 53.2 Å². The summed E-state index contributed by atoms with van der Waals surface area (Å²) in [7, 11) is 0. The van der Waals surface area contributed by atoms with Crippen molar-refractivity contribution in [3.8, 4) is 5.75 Å². The fraction of sp³-hybridized carbons (Fsp3) is 0.625. The van der Waals surface area contributed by atoms with E-state index < -0.39 is 144 Å². The minimum Gasteiger partial charge on any atom is -0.508 e. The van der Waals surface area contributed by atoms with Gasteiger partial charge in [0.15, 0.2) is 11.9 Å². The monoisotopic (exact) mass is 1110 g/mol. The summed E-state index contributed by atoms with van der Waals surface area (Å²) in [6, 6.07) is -7.79. The number of carboxylic acid groups (broad SMARTS) is 1. The number of nitrogens with two attached hydrogens (primary N) is 6. The zero-order chi connectivity index (χ0) is 59.6. The molecule has 1 rings (SSSR count). The van der Waals surface area contributed by atoms with Crippen LogP contribution in [-0.4, -0.2) is 171 Å². The summed E-state index contributed by atoms with van der Waals surface area (Å²) in [5.41, 5.74) is 33.5. The summed E-state index contributed by atoms with van der Waals surface area (Å²) in [5, 5.41) is 59.9. The number of nitrogens with one attached hydrogen (secondary N) is 8. The van der Waals surface area contributed by atoms with E-state index in [0.29, 0.717) is 5.56 Å². The zero-order valence-corrected chi connectivity index (χ0v) is 45.1. The van der Waals surface area contributed by atoms with Crippen molar-refractivity contribution in [2.75, 3.05) is 13.1 Å². The fourth-order valence-electron chi connectivity index (χ4n) is 7.28. The third kappa shape index (κ3) is 25.8. The van der Waals surface area contributed by atoms with Gasteiger partial charge in [0.1, 0.15) is 60.1 Å². The molecular weight excluding hydrogens is 1020 g/mol. The average molecular weight is 1110 g/mol. The van der Waals surface area contributed by atoms with Crippen LogP contribution in [0.15, 0.2) is 34.3 Å². The van der Waals surface area contributed by atoms with E-state index in [-0.39, 0.29) is 75.2 Å². The van der Waals surface area contributed by atoms with Gasteiger partial charge in [-0.3, -0.25) is 53.1 Å². The second-order valence-corrected chi connectivity index (χ2v) is 19.5. The van der Waals surface area contributed by atoms with Crippen LogP contribution < -0.4 is 76.9 Å². The number of hydrogen-bond donors (Lipinski definition) is 18. The van der Waals surface area contributed by atoms with E-state index in [1.54, 1.807) is 27.7 Å². The maximum Gasteiger partial charge on any atom is 0.326 e. The molecule has 0 radical (unpaired) electrons. The number of guanidine groups is 2. The van der Waals surface area contributed by atoms with E-state index in [1.165, 1.54) is 38.1 Å². The van der Waals surface area contributed by atoms with Gasteiger partial charge in [-0.2, -0.15) is 0 Å². The van der Waals surface area contributed by atoms with Gasteiger partial charge >= 0.3 is 5.97 Å². The second kappa shape index (κ2) is 34.0. The van der Waals surface area contributed by atoms with Gasteiger partial charge in [0.25, 0.3) is 0 Å². The highest BCUT2D eigenvalue weighted by atomic mass is 16.4. The highest BCUT2D eigenvalue weighted by molar-refractivity contribution is 5.98. The molecule has 78 heavy (non-hydrogen) atoms. The molecule has 0 aromatic heterocycles. The lowest BCUT2D eigenvalue weighted by Crippen LogP contribution is -2.62. The molecule has 0 aliphatic heterocycles. The summed E-state index contributed by atoms with van der Waals surface area (Å²) in [5.74, 6) is -11.2. The first-order chi connectivity index (χ1) is 36.3. The SMILES string of the molecule is CC(C)C[C@H](NC(=O)[C@H](C)NC(=O)[C@H](CCCN=C(N)N)NC(=O)[C@@H](NC(=O)[C@H](CCCN=C(N)N)NC(=O)[C@H](CCC(N)=O)NC(=O)[C@H](Cc1ccc(O)cc1)NC(=O)[C@@H](N)C(C)O)C(C)O)C(=O)N[C@H](C(=O)O)C(C)C. The number of benzene rings is 1. The third-order valence-electron chi connectivity index (χ3n) is 11.7. The predicted octanol–water partition coefficient (Wildman–Crippen LogP) is -5.92. The van der Waals surface area contributed by atoms with E-state index in [9.17, 15) is 68.4 Å². The number of phenolic OH excluding ortho intramolecular Hbond substituents is 1. The predicted molar refractivity (Wildman–Crippen MR) is 284 cm³/mol.